The van der Waals surface area contributed by atoms with Crippen LogP contribution in [0.2, 0.25) is 0 Å². The molecule has 5 nitrogen and oxygen atoms in total. The number of nitrogens with one attached hydrogen (secondary N) is 2. The van der Waals surface area contributed by atoms with Gasteiger partial charge in [0.25, 0.3) is 0 Å². The van der Waals surface area contributed by atoms with Gasteiger partial charge in [-0.2, -0.15) is 0 Å². The Labute approximate surface area is 139 Å². The standard InChI is InChI=1S/C16H18FN3O2S/c1-21-9-8-19-16(23)20-11-12-4-3-7-18-15(12)22-14-6-2-5-13(17)10-14/h2-7,10H,8-9,11H2,1H3,(H2,19,20,23). The van der Waals surface area contributed by atoms with Crippen LogP contribution in [0.15, 0.2) is 42.6 Å². The Kier molecular flexibility index (Phi) is 6.71. The predicted octanol–water partition coefficient (Wildman–Crippen LogP) is 2.62. The fourth-order valence-corrected chi connectivity index (χ4v) is 1.97. The van der Waals surface area contributed by atoms with Crippen molar-refractivity contribution in [2.24, 2.45) is 0 Å². The number of aromatic nitrogens is 1. The molecule has 0 amide bonds. The summed E-state index contributed by atoms with van der Waals surface area (Å²) < 4.78 is 23.8. The lowest BCUT2D eigenvalue weighted by atomic mass is 10.2. The number of halogens is 1. The molecule has 2 aromatic rings. The van der Waals surface area contributed by atoms with Gasteiger partial charge in [-0.15, -0.1) is 0 Å². The minimum atomic E-state index is -0.360. The maximum atomic E-state index is 13.2. The van der Waals surface area contributed by atoms with Gasteiger partial charge in [0.1, 0.15) is 11.6 Å². The first-order chi connectivity index (χ1) is 11.2. The van der Waals surface area contributed by atoms with Gasteiger partial charge in [-0.05, 0) is 30.4 Å². The van der Waals surface area contributed by atoms with Crippen molar-refractivity contribution in [3.05, 3.63) is 54.0 Å². The number of hydrogen-bond donors (Lipinski definition) is 2. The van der Waals surface area contributed by atoms with Gasteiger partial charge in [-0.1, -0.05) is 12.1 Å². The molecular formula is C16H18FN3O2S. The number of rotatable bonds is 7. The third kappa shape index (κ3) is 5.80. The van der Waals surface area contributed by atoms with E-state index in [1.165, 1.54) is 12.1 Å². The summed E-state index contributed by atoms with van der Waals surface area (Å²) in [5, 5.41) is 6.60. The summed E-state index contributed by atoms with van der Waals surface area (Å²) >= 11 is 5.17. The van der Waals surface area contributed by atoms with E-state index in [1.807, 2.05) is 6.07 Å². The van der Waals surface area contributed by atoms with Crippen LogP contribution in [0.5, 0.6) is 11.6 Å². The molecular weight excluding hydrogens is 317 g/mol. The van der Waals surface area contributed by atoms with Crippen LogP contribution >= 0.6 is 12.2 Å². The summed E-state index contributed by atoms with van der Waals surface area (Å²) in [6.07, 6.45) is 1.62. The quantitative estimate of drug-likeness (QED) is 0.599. The monoisotopic (exact) mass is 335 g/mol. The van der Waals surface area contributed by atoms with E-state index in [0.29, 0.717) is 36.4 Å². The van der Waals surface area contributed by atoms with Crippen LogP contribution < -0.4 is 15.4 Å². The number of methoxy groups -OCH3 is 1. The summed E-state index contributed by atoms with van der Waals surface area (Å²) in [6.45, 7) is 1.64. The molecule has 2 N–H and O–H groups in total. The molecule has 1 aromatic heterocycles. The zero-order valence-electron chi connectivity index (χ0n) is 12.7. The largest absolute Gasteiger partial charge is 0.439 e. The van der Waals surface area contributed by atoms with Crippen LogP contribution in [0, 0.1) is 5.82 Å². The molecule has 1 heterocycles. The molecule has 7 heteroatoms. The lowest BCUT2D eigenvalue weighted by molar-refractivity contribution is 0.204. The lowest BCUT2D eigenvalue weighted by Gasteiger charge is -2.13. The molecule has 0 aliphatic carbocycles. The van der Waals surface area contributed by atoms with Crippen molar-refractivity contribution >= 4 is 17.3 Å². The second-order valence-corrected chi connectivity index (χ2v) is 5.04. The molecule has 0 aliphatic heterocycles. The molecule has 0 spiro atoms. The van der Waals surface area contributed by atoms with Gasteiger partial charge in [0.05, 0.1) is 6.61 Å². The van der Waals surface area contributed by atoms with Gasteiger partial charge < -0.3 is 20.1 Å². The topological polar surface area (TPSA) is 55.4 Å². The van der Waals surface area contributed by atoms with Crippen LogP contribution in [-0.4, -0.2) is 30.4 Å². The highest BCUT2D eigenvalue weighted by Crippen LogP contribution is 2.23. The predicted molar refractivity (Wildman–Crippen MR) is 90.0 cm³/mol. The smallest absolute Gasteiger partial charge is 0.224 e. The Balaban J connectivity index is 1.96. The molecule has 0 aliphatic rings. The van der Waals surface area contributed by atoms with Crippen LogP contribution in [0.1, 0.15) is 5.56 Å². The zero-order chi connectivity index (χ0) is 16.5. The van der Waals surface area contributed by atoms with E-state index in [4.69, 9.17) is 21.7 Å². The first kappa shape index (κ1) is 17.1. The van der Waals surface area contributed by atoms with E-state index in [0.717, 1.165) is 5.56 Å². The fraction of sp³-hybridized carbons (Fsp3) is 0.250. The van der Waals surface area contributed by atoms with Gasteiger partial charge in [0.15, 0.2) is 5.11 Å². The molecule has 0 bridgehead atoms. The lowest BCUT2D eigenvalue weighted by Crippen LogP contribution is -2.36. The Morgan fingerprint density at radius 2 is 2.13 bits per heavy atom. The molecule has 0 saturated carbocycles. The van der Waals surface area contributed by atoms with Crippen molar-refractivity contribution in [2.45, 2.75) is 6.54 Å². The van der Waals surface area contributed by atoms with Crippen molar-refractivity contribution in [2.75, 3.05) is 20.3 Å². The van der Waals surface area contributed by atoms with Gasteiger partial charge in [-0.3, -0.25) is 0 Å². The molecule has 1 aromatic carbocycles. The Bertz CT molecular complexity index is 655. The van der Waals surface area contributed by atoms with E-state index >= 15 is 0 Å². The van der Waals surface area contributed by atoms with Gasteiger partial charge in [0.2, 0.25) is 5.88 Å². The third-order valence-electron chi connectivity index (χ3n) is 2.89. The van der Waals surface area contributed by atoms with Crippen LogP contribution in [0.4, 0.5) is 4.39 Å². The molecule has 2 rings (SSSR count). The van der Waals surface area contributed by atoms with Gasteiger partial charge in [0, 0.05) is 38.0 Å². The van der Waals surface area contributed by atoms with Crippen molar-refractivity contribution in [3.63, 3.8) is 0 Å². The fourth-order valence-electron chi connectivity index (χ4n) is 1.80. The van der Waals surface area contributed by atoms with Crippen molar-refractivity contribution in [1.82, 2.24) is 15.6 Å². The molecule has 0 atom stereocenters. The minimum absolute atomic E-state index is 0.360. The number of hydrogen-bond acceptors (Lipinski definition) is 4. The summed E-state index contributed by atoms with van der Waals surface area (Å²) in [5.74, 6) is 0.442. The average molecular weight is 335 g/mol. The van der Waals surface area contributed by atoms with Crippen LogP contribution in [-0.2, 0) is 11.3 Å². The second-order valence-electron chi connectivity index (χ2n) is 4.63. The Hall–Kier alpha value is -2.25. The van der Waals surface area contributed by atoms with E-state index in [1.54, 1.807) is 31.5 Å². The highest BCUT2D eigenvalue weighted by Gasteiger charge is 2.07. The number of ether oxygens (including phenoxy) is 2. The Morgan fingerprint density at radius 1 is 1.26 bits per heavy atom. The molecule has 0 radical (unpaired) electrons. The molecule has 0 unspecified atom stereocenters. The third-order valence-corrected chi connectivity index (χ3v) is 3.18. The number of pyridine rings is 1. The van der Waals surface area contributed by atoms with Crippen LogP contribution in [0.3, 0.4) is 0 Å². The van der Waals surface area contributed by atoms with Gasteiger partial charge in [-0.25, -0.2) is 9.37 Å². The number of nitrogens with zero attached hydrogens (tertiary/aromatic N) is 1. The minimum Gasteiger partial charge on any atom is -0.439 e. The molecule has 122 valence electrons. The zero-order valence-corrected chi connectivity index (χ0v) is 13.5. The summed E-state index contributed by atoms with van der Waals surface area (Å²) in [5.41, 5.74) is 0.813. The van der Waals surface area contributed by atoms with E-state index < -0.39 is 0 Å². The van der Waals surface area contributed by atoms with Gasteiger partial charge >= 0.3 is 0 Å². The first-order valence-electron chi connectivity index (χ1n) is 7.07. The normalized spacial score (nSPS) is 10.2. The average Bonchev–Trinajstić information content (AvgIpc) is 2.54. The van der Waals surface area contributed by atoms with E-state index in [-0.39, 0.29) is 5.82 Å². The SMILES string of the molecule is COCCNC(=S)NCc1cccnc1Oc1cccc(F)c1. The van der Waals surface area contributed by atoms with Crippen molar-refractivity contribution in [1.29, 1.82) is 0 Å². The molecule has 0 fully saturated rings. The van der Waals surface area contributed by atoms with Crippen molar-refractivity contribution < 1.29 is 13.9 Å². The van der Waals surface area contributed by atoms with E-state index in [9.17, 15) is 4.39 Å². The maximum Gasteiger partial charge on any atom is 0.224 e. The van der Waals surface area contributed by atoms with Crippen LogP contribution in [0.25, 0.3) is 0 Å². The highest BCUT2D eigenvalue weighted by atomic mass is 32.1. The molecule has 0 saturated heterocycles. The summed E-state index contributed by atoms with van der Waals surface area (Å²) in [6, 6.07) is 9.59. The summed E-state index contributed by atoms with van der Waals surface area (Å²) in [7, 11) is 1.63. The maximum absolute atomic E-state index is 13.2. The molecule has 23 heavy (non-hydrogen) atoms. The van der Waals surface area contributed by atoms with Crippen molar-refractivity contribution in [3.8, 4) is 11.6 Å². The first-order valence-corrected chi connectivity index (χ1v) is 7.48. The number of benzene rings is 1. The second kappa shape index (κ2) is 9.02. The Morgan fingerprint density at radius 3 is 2.91 bits per heavy atom. The highest BCUT2D eigenvalue weighted by molar-refractivity contribution is 7.80. The summed E-state index contributed by atoms with van der Waals surface area (Å²) in [4.78, 5) is 4.19. The number of thiocarbonyl (C=S) groups is 1. The van der Waals surface area contributed by atoms with E-state index in [2.05, 4.69) is 15.6 Å².